The first-order valence-electron chi connectivity index (χ1n) is 5.26. The molecule has 0 spiro atoms. The highest BCUT2D eigenvalue weighted by molar-refractivity contribution is 6.77. The molecule has 1 aromatic carbocycles. The first-order valence-corrected chi connectivity index (χ1v) is 5.26. The van der Waals surface area contributed by atoms with E-state index in [0.29, 0.717) is 6.85 Å². The Morgan fingerprint density at radius 3 is 2.93 bits per heavy atom. The molecule has 0 atom stereocenters. The zero-order valence-electron chi connectivity index (χ0n) is 8.72. The molecule has 2 aliphatic rings. The molecule has 0 saturated carbocycles. The fourth-order valence-corrected chi connectivity index (χ4v) is 2.20. The molecule has 72 valence electrons. The number of nitrogens with zero attached hydrogens (tertiary/aromatic N) is 1. The molecule has 0 aliphatic carbocycles. The van der Waals surface area contributed by atoms with Crippen molar-refractivity contribution in [2.24, 2.45) is 0 Å². The van der Waals surface area contributed by atoms with Gasteiger partial charge in [0.25, 0.3) is 0 Å². The van der Waals surface area contributed by atoms with Gasteiger partial charge in [-0.05, 0) is 42.0 Å². The van der Waals surface area contributed by atoms with Crippen LogP contribution in [0.3, 0.4) is 0 Å². The minimum absolute atomic E-state index is 0.384. The number of fused-ring (bicyclic) bond motifs is 3. The van der Waals surface area contributed by atoms with Gasteiger partial charge in [-0.25, -0.2) is 0 Å². The molecular weight excluding hydrogens is 181 g/mol. The third-order valence-electron chi connectivity index (χ3n) is 2.96. The maximum atomic E-state index is 2.26. The van der Waals surface area contributed by atoms with Crippen molar-refractivity contribution in [3.05, 3.63) is 59.9 Å². The fourth-order valence-electron chi connectivity index (χ4n) is 2.20. The average molecular weight is 193 g/mol. The van der Waals surface area contributed by atoms with E-state index in [2.05, 4.69) is 66.5 Å². The van der Waals surface area contributed by atoms with Gasteiger partial charge in [0.05, 0.1) is 0 Å². The highest BCUT2D eigenvalue weighted by Crippen LogP contribution is 2.17. The van der Waals surface area contributed by atoms with Crippen LogP contribution in [0.15, 0.2) is 54.3 Å². The summed E-state index contributed by atoms with van der Waals surface area (Å²) in [6, 6.07) is 8.57. The Morgan fingerprint density at radius 1 is 1.13 bits per heavy atom. The molecule has 0 radical (unpaired) electrons. The van der Waals surface area contributed by atoms with E-state index < -0.39 is 0 Å². The predicted molar refractivity (Wildman–Crippen MR) is 65.6 cm³/mol. The van der Waals surface area contributed by atoms with Crippen molar-refractivity contribution in [2.45, 2.75) is 6.92 Å². The van der Waals surface area contributed by atoms with Gasteiger partial charge in [-0.1, -0.05) is 36.3 Å². The van der Waals surface area contributed by atoms with E-state index in [1.165, 1.54) is 16.6 Å². The van der Waals surface area contributed by atoms with Crippen molar-refractivity contribution in [3.63, 3.8) is 0 Å². The Bertz CT molecular complexity index is 485. The van der Waals surface area contributed by atoms with E-state index >= 15 is 0 Å². The maximum absolute atomic E-state index is 2.26. The summed E-state index contributed by atoms with van der Waals surface area (Å²) in [4.78, 5) is 2.26. The van der Waals surface area contributed by atoms with E-state index in [0.717, 1.165) is 0 Å². The molecule has 15 heavy (non-hydrogen) atoms. The minimum Gasteiger partial charge on any atom is -0.389 e. The summed E-state index contributed by atoms with van der Waals surface area (Å²) in [7, 11) is 0. The number of hydrogen-bond acceptors (Lipinski definition) is 1. The molecule has 2 heteroatoms. The van der Waals surface area contributed by atoms with Gasteiger partial charge >= 0.3 is 6.85 Å². The molecule has 3 rings (SSSR count). The summed E-state index contributed by atoms with van der Waals surface area (Å²) in [6.45, 7) is 2.51. The molecule has 0 fully saturated rings. The van der Waals surface area contributed by atoms with Crippen LogP contribution in [0.5, 0.6) is 0 Å². The minimum atomic E-state index is 0.384. The van der Waals surface area contributed by atoms with Crippen LogP contribution in [0.25, 0.3) is 6.08 Å². The van der Waals surface area contributed by atoms with Gasteiger partial charge < -0.3 is 4.81 Å². The van der Waals surface area contributed by atoms with Gasteiger partial charge in [0.2, 0.25) is 0 Å². The van der Waals surface area contributed by atoms with Gasteiger partial charge in [0.15, 0.2) is 0 Å². The van der Waals surface area contributed by atoms with Crippen LogP contribution in [0, 0.1) is 0 Å². The van der Waals surface area contributed by atoms with Gasteiger partial charge in [-0.3, -0.25) is 0 Å². The van der Waals surface area contributed by atoms with E-state index in [1.807, 2.05) is 0 Å². The molecule has 0 aromatic heterocycles. The molecule has 0 saturated heterocycles. The Morgan fingerprint density at radius 2 is 2.00 bits per heavy atom. The zero-order valence-corrected chi connectivity index (χ0v) is 8.72. The predicted octanol–water partition coefficient (Wildman–Crippen LogP) is 2.18. The molecule has 2 aliphatic heterocycles. The highest BCUT2D eigenvalue weighted by Gasteiger charge is 2.25. The maximum Gasteiger partial charge on any atom is 0.320 e. The van der Waals surface area contributed by atoms with E-state index in [4.69, 9.17) is 0 Å². The lowest BCUT2D eigenvalue weighted by molar-refractivity contribution is 0.787. The van der Waals surface area contributed by atoms with Crippen LogP contribution in [0.2, 0.25) is 0 Å². The average Bonchev–Trinajstić information content (AvgIpc) is 2.28. The van der Waals surface area contributed by atoms with Crippen molar-refractivity contribution < 1.29 is 0 Å². The van der Waals surface area contributed by atoms with Gasteiger partial charge in [-0.15, -0.1) is 0 Å². The van der Waals surface area contributed by atoms with Gasteiger partial charge in [-0.2, -0.15) is 0 Å². The molecule has 2 heterocycles. The van der Waals surface area contributed by atoms with Crippen LogP contribution in [-0.4, -0.2) is 11.7 Å². The van der Waals surface area contributed by atoms with Crippen LogP contribution in [0.4, 0.5) is 0 Å². The van der Waals surface area contributed by atoms with Crippen molar-refractivity contribution in [3.8, 4) is 0 Å². The van der Waals surface area contributed by atoms with Crippen LogP contribution in [0.1, 0.15) is 12.5 Å². The van der Waals surface area contributed by atoms with E-state index in [-0.39, 0.29) is 0 Å². The molecular formula is C13H12BN. The zero-order chi connectivity index (χ0) is 10.3. The van der Waals surface area contributed by atoms with Crippen molar-refractivity contribution in [2.75, 3.05) is 0 Å². The van der Waals surface area contributed by atoms with Crippen LogP contribution in [-0.2, 0) is 0 Å². The lowest BCUT2D eigenvalue weighted by atomic mass is 9.51. The highest BCUT2D eigenvalue weighted by atomic mass is 15.0. The largest absolute Gasteiger partial charge is 0.389 e. The van der Waals surface area contributed by atoms with Crippen molar-refractivity contribution in [1.29, 1.82) is 0 Å². The quantitative estimate of drug-likeness (QED) is 0.571. The lowest BCUT2D eigenvalue weighted by Gasteiger charge is -2.30. The molecule has 0 amide bonds. The summed E-state index contributed by atoms with van der Waals surface area (Å²) < 4.78 is 0. The number of hydrogen-bond donors (Lipinski definition) is 0. The van der Waals surface area contributed by atoms with Crippen molar-refractivity contribution >= 4 is 18.4 Å². The topological polar surface area (TPSA) is 3.24 Å². The number of rotatable bonds is 0. The van der Waals surface area contributed by atoms with Gasteiger partial charge in [0, 0.05) is 0 Å². The third kappa shape index (κ3) is 1.33. The second kappa shape index (κ2) is 3.16. The van der Waals surface area contributed by atoms with Crippen LogP contribution >= 0.6 is 0 Å². The fraction of sp³-hybridized carbons (Fsp3) is 0.0769. The second-order valence-corrected chi connectivity index (χ2v) is 4.07. The SMILES string of the molecule is CC1=CN2C=Cc3ccccc3B2C=C1. The molecule has 1 aromatic rings. The number of benzene rings is 1. The third-order valence-corrected chi connectivity index (χ3v) is 2.96. The molecule has 1 nitrogen and oxygen atoms in total. The Labute approximate surface area is 90.5 Å². The first kappa shape index (κ1) is 8.60. The first-order chi connectivity index (χ1) is 7.34. The van der Waals surface area contributed by atoms with Gasteiger partial charge in [0.1, 0.15) is 0 Å². The Hall–Kier alpha value is -1.70. The molecule has 0 unspecified atom stereocenters. The van der Waals surface area contributed by atoms with E-state index in [9.17, 15) is 0 Å². The summed E-state index contributed by atoms with van der Waals surface area (Å²) in [5.74, 6) is 2.26. The van der Waals surface area contributed by atoms with Crippen molar-refractivity contribution in [1.82, 2.24) is 4.81 Å². The summed E-state index contributed by atoms with van der Waals surface area (Å²) in [5, 5.41) is 0. The van der Waals surface area contributed by atoms with Crippen LogP contribution < -0.4 is 5.46 Å². The van der Waals surface area contributed by atoms with E-state index in [1.54, 1.807) is 0 Å². The monoisotopic (exact) mass is 193 g/mol. The summed E-state index contributed by atoms with van der Waals surface area (Å²) in [5.41, 5.74) is 4.02. The smallest absolute Gasteiger partial charge is 0.320 e. The standard InChI is InChI=1S/C13H12BN/c1-11-6-8-14-13-5-3-2-4-12(13)7-9-15(14)10-11/h2-10H,1H3. The molecule has 0 N–H and O–H groups in total. The lowest BCUT2D eigenvalue weighted by Crippen LogP contribution is -2.45. The second-order valence-electron chi connectivity index (χ2n) is 4.07. The summed E-state index contributed by atoms with van der Waals surface area (Å²) >= 11 is 0. The molecule has 0 bridgehead atoms. The summed E-state index contributed by atoms with van der Waals surface area (Å²) in [6.07, 6.45) is 8.71. The normalized spacial score (nSPS) is 17.3. The Kier molecular flexibility index (Phi) is 1.81. The Balaban J connectivity index is 2.12. The number of allylic oxidation sites excluding steroid dienone is 2.